The molecule has 0 aliphatic carbocycles. The molecular weight excluding hydrogens is 588 g/mol. The van der Waals surface area contributed by atoms with Crippen LogP contribution >= 0.6 is 0 Å². The predicted octanol–water partition coefficient (Wildman–Crippen LogP) is 4.75. The van der Waals surface area contributed by atoms with Gasteiger partial charge in [-0.25, -0.2) is 4.79 Å². The Bertz CT molecular complexity index is 1720. The second kappa shape index (κ2) is 14.0. The number of amides is 1. The number of nitrogens with zero attached hydrogens (tertiary/aromatic N) is 2. The molecular formula is C35H40N4O7. The fourth-order valence-corrected chi connectivity index (χ4v) is 6.59. The van der Waals surface area contributed by atoms with E-state index >= 15 is 0 Å². The van der Waals surface area contributed by atoms with Crippen LogP contribution < -0.4 is 11.0 Å². The first-order chi connectivity index (χ1) is 22.3. The lowest BCUT2D eigenvalue weighted by atomic mass is 9.89. The van der Waals surface area contributed by atoms with Crippen molar-refractivity contribution in [3.05, 3.63) is 100.0 Å². The van der Waals surface area contributed by atoms with Gasteiger partial charge in [0.1, 0.15) is 0 Å². The number of carbonyl (C=O) groups is 2. The minimum atomic E-state index is -1.03. The number of carboxylic acids is 1. The lowest BCUT2D eigenvalue weighted by Crippen LogP contribution is -2.47. The van der Waals surface area contributed by atoms with Crippen LogP contribution in [0.4, 0.5) is 5.69 Å². The monoisotopic (exact) mass is 628 g/mol. The third kappa shape index (κ3) is 7.07. The molecule has 1 amide bonds. The summed E-state index contributed by atoms with van der Waals surface area (Å²) in [5.74, 6) is -1.40. The molecule has 4 N–H and O–H groups in total. The maximum atomic E-state index is 12.8. The van der Waals surface area contributed by atoms with Crippen LogP contribution in [0.3, 0.4) is 0 Å². The summed E-state index contributed by atoms with van der Waals surface area (Å²) in [6.07, 6.45) is 0.160. The van der Waals surface area contributed by atoms with E-state index in [1.165, 1.54) is 0 Å². The minimum Gasteiger partial charge on any atom is -0.481 e. The summed E-state index contributed by atoms with van der Waals surface area (Å²) in [6, 6.07) is 22.9. The molecule has 6 rings (SSSR count). The van der Waals surface area contributed by atoms with E-state index in [4.69, 9.17) is 14.6 Å². The van der Waals surface area contributed by atoms with E-state index in [1.807, 2.05) is 65.2 Å². The molecule has 3 aromatic carbocycles. The number of H-pyrrole nitrogens is 1. The molecule has 0 spiro atoms. The van der Waals surface area contributed by atoms with Crippen LogP contribution in [-0.4, -0.2) is 62.3 Å². The molecule has 4 aromatic rings. The van der Waals surface area contributed by atoms with Crippen molar-refractivity contribution in [3.63, 3.8) is 0 Å². The Hall–Kier alpha value is -4.29. The molecule has 2 aliphatic rings. The molecule has 0 radical (unpaired) electrons. The van der Waals surface area contributed by atoms with Gasteiger partial charge < -0.3 is 34.9 Å². The van der Waals surface area contributed by atoms with Gasteiger partial charge in [-0.3, -0.25) is 14.2 Å². The zero-order chi connectivity index (χ0) is 32.2. The molecule has 0 unspecified atom stereocenters. The van der Waals surface area contributed by atoms with Gasteiger partial charge in [0.05, 0.1) is 36.3 Å². The average molecular weight is 629 g/mol. The van der Waals surface area contributed by atoms with E-state index in [0.717, 1.165) is 53.7 Å². The quantitative estimate of drug-likeness (QED) is 0.197. The van der Waals surface area contributed by atoms with Gasteiger partial charge in [0.25, 0.3) is 0 Å². The zero-order valence-electron chi connectivity index (χ0n) is 25.8. The number of hydrogen-bond donors (Lipinski definition) is 4. The third-order valence-electron chi connectivity index (χ3n) is 9.12. The molecule has 0 saturated carbocycles. The van der Waals surface area contributed by atoms with Crippen LogP contribution in [0.15, 0.2) is 77.6 Å². The van der Waals surface area contributed by atoms with Crippen molar-refractivity contribution in [2.75, 3.05) is 25.0 Å². The van der Waals surface area contributed by atoms with Gasteiger partial charge in [0.15, 0.2) is 6.29 Å². The van der Waals surface area contributed by atoms with Crippen LogP contribution in [0.5, 0.6) is 0 Å². The number of ether oxygens (including phenoxy) is 2. The van der Waals surface area contributed by atoms with Crippen molar-refractivity contribution in [1.29, 1.82) is 0 Å². The van der Waals surface area contributed by atoms with Crippen LogP contribution in [0.2, 0.25) is 0 Å². The van der Waals surface area contributed by atoms with Crippen LogP contribution in [-0.2, 0) is 25.7 Å². The smallest absolute Gasteiger partial charge is 0.326 e. The number of aliphatic carboxylic acids is 1. The van der Waals surface area contributed by atoms with E-state index in [0.29, 0.717) is 12.2 Å². The van der Waals surface area contributed by atoms with Gasteiger partial charge >= 0.3 is 11.7 Å². The molecule has 1 aromatic heterocycles. The van der Waals surface area contributed by atoms with Crippen molar-refractivity contribution >= 4 is 28.6 Å². The number of carbonyl (C=O) groups excluding carboxylic acids is 1. The Morgan fingerprint density at radius 2 is 1.72 bits per heavy atom. The average Bonchev–Trinajstić information content (AvgIpc) is 3.41. The van der Waals surface area contributed by atoms with Gasteiger partial charge in [0, 0.05) is 49.3 Å². The SMILES string of the molecule is C[C@@H]1[C@H](CN2CCC(n3c(=O)[nH]c4ccccc43)CC2)O[C@H](c2cccc(NC(=O)CCC(=O)O)c2)O[C@@H]1c1ccc(CO)cc1. The summed E-state index contributed by atoms with van der Waals surface area (Å²) in [7, 11) is 0. The van der Waals surface area contributed by atoms with Crippen LogP contribution in [0.25, 0.3) is 11.0 Å². The largest absolute Gasteiger partial charge is 0.481 e. The van der Waals surface area contributed by atoms with Gasteiger partial charge in [-0.15, -0.1) is 0 Å². The van der Waals surface area contributed by atoms with Crippen LogP contribution in [0, 0.1) is 5.92 Å². The Morgan fingerprint density at radius 3 is 2.46 bits per heavy atom. The lowest BCUT2D eigenvalue weighted by molar-refractivity contribution is -0.276. The van der Waals surface area contributed by atoms with Crippen molar-refractivity contribution in [2.45, 2.75) is 63.8 Å². The summed E-state index contributed by atoms with van der Waals surface area (Å²) in [4.78, 5) is 41.4. The summed E-state index contributed by atoms with van der Waals surface area (Å²) in [6.45, 7) is 4.42. The highest BCUT2D eigenvalue weighted by Crippen LogP contribution is 2.42. The topological polar surface area (TPSA) is 146 Å². The zero-order valence-corrected chi connectivity index (χ0v) is 25.8. The number of rotatable bonds is 10. The number of fused-ring (bicyclic) bond motifs is 1. The molecule has 2 saturated heterocycles. The highest BCUT2D eigenvalue weighted by Gasteiger charge is 2.39. The summed E-state index contributed by atoms with van der Waals surface area (Å²) in [5.41, 5.74) is 4.80. The summed E-state index contributed by atoms with van der Waals surface area (Å²) >= 11 is 0. The molecule has 2 fully saturated rings. The van der Waals surface area contributed by atoms with Gasteiger partial charge in [-0.2, -0.15) is 0 Å². The Labute approximate surface area is 266 Å². The highest BCUT2D eigenvalue weighted by molar-refractivity contribution is 5.92. The fourth-order valence-electron chi connectivity index (χ4n) is 6.59. The van der Waals surface area contributed by atoms with Crippen molar-refractivity contribution in [3.8, 4) is 0 Å². The van der Waals surface area contributed by atoms with Gasteiger partial charge in [-0.1, -0.05) is 55.5 Å². The number of aromatic amines is 1. The number of likely N-dealkylation sites (tertiary alicyclic amines) is 1. The Kier molecular flexibility index (Phi) is 9.64. The Balaban J connectivity index is 1.18. The number of aromatic nitrogens is 2. The van der Waals surface area contributed by atoms with Gasteiger partial charge in [0.2, 0.25) is 5.91 Å². The number of hydrogen-bond acceptors (Lipinski definition) is 7. The molecule has 3 heterocycles. The van der Waals surface area contributed by atoms with E-state index in [1.54, 1.807) is 12.1 Å². The number of benzene rings is 3. The summed E-state index contributed by atoms with van der Waals surface area (Å²) < 4.78 is 15.1. The van der Waals surface area contributed by atoms with E-state index < -0.39 is 12.3 Å². The maximum Gasteiger partial charge on any atom is 0.326 e. The standard InChI is InChI=1S/C35H40N4O7/c1-22-30(20-38-17-15-27(16-18-38)39-29-8-3-2-7-28(29)37-35(39)44)45-34(46-33(22)24-11-9-23(21-40)10-12-24)25-5-4-6-26(19-25)36-31(41)13-14-32(42)43/h2-12,19,22,27,30,33-34,40H,13-18,20-21H2,1H3,(H,36,41)(H,37,44)(H,42,43)/t22-,30+,33+,34+/m1/s1. The molecule has 11 nitrogen and oxygen atoms in total. The number of aliphatic hydroxyl groups is 1. The van der Waals surface area contributed by atoms with Crippen molar-refractivity contribution < 1.29 is 29.3 Å². The highest BCUT2D eigenvalue weighted by atomic mass is 16.7. The molecule has 242 valence electrons. The normalized spacial score (nSPS) is 22.6. The third-order valence-corrected chi connectivity index (χ3v) is 9.12. The minimum absolute atomic E-state index is 0.00379. The number of para-hydroxylation sites is 2. The summed E-state index contributed by atoms with van der Waals surface area (Å²) in [5, 5.41) is 21.3. The maximum absolute atomic E-state index is 12.8. The number of anilines is 1. The number of aliphatic hydroxyl groups excluding tert-OH is 1. The first-order valence-electron chi connectivity index (χ1n) is 15.8. The predicted molar refractivity (Wildman–Crippen MR) is 172 cm³/mol. The number of carboxylic acid groups (broad SMARTS) is 1. The number of nitrogens with one attached hydrogen (secondary N) is 2. The first-order valence-corrected chi connectivity index (χ1v) is 15.8. The molecule has 2 aliphatic heterocycles. The van der Waals surface area contributed by atoms with Crippen molar-refractivity contribution in [2.24, 2.45) is 5.92 Å². The van der Waals surface area contributed by atoms with E-state index in [2.05, 4.69) is 22.1 Å². The fraction of sp³-hybridized carbons (Fsp3) is 0.400. The molecule has 11 heteroatoms. The second-order valence-electron chi connectivity index (χ2n) is 12.2. The number of imidazole rings is 1. The van der Waals surface area contributed by atoms with E-state index in [9.17, 15) is 19.5 Å². The number of piperidine rings is 1. The molecule has 4 atom stereocenters. The molecule has 46 heavy (non-hydrogen) atoms. The molecule has 0 bridgehead atoms. The van der Waals surface area contributed by atoms with E-state index in [-0.39, 0.29) is 55.2 Å². The van der Waals surface area contributed by atoms with Gasteiger partial charge in [-0.05, 0) is 48.2 Å². The Morgan fingerprint density at radius 1 is 0.957 bits per heavy atom. The van der Waals surface area contributed by atoms with Crippen molar-refractivity contribution in [1.82, 2.24) is 14.5 Å². The second-order valence-corrected chi connectivity index (χ2v) is 12.2. The van der Waals surface area contributed by atoms with Crippen LogP contribution in [0.1, 0.15) is 67.7 Å². The lowest BCUT2D eigenvalue weighted by Gasteiger charge is -2.44. The first kappa shape index (κ1) is 31.7.